The summed E-state index contributed by atoms with van der Waals surface area (Å²) in [7, 11) is 4.90. The zero-order chi connectivity index (χ0) is 19.6. The number of nitrogens with zero attached hydrogens (tertiary/aromatic N) is 2. The van der Waals surface area contributed by atoms with Gasteiger partial charge in [0, 0.05) is 32.3 Å². The standard InChI is InChI=1S/C19H24N4O4/c1-20-19(22-13-15-5-4-6-16(11-15)23(24)25)21-10-9-14-7-8-17(26-2)18(12-14)27-3/h4-8,11-12H,9-10,13H2,1-3H3,(H2,20,21,22). The van der Waals surface area contributed by atoms with Crippen LogP contribution in [-0.2, 0) is 13.0 Å². The zero-order valence-electron chi connectivity index (χ0n) is 15.7. The maximum absolute atomic E-state index is 10.8. The predicted octanol–water partition coefficient (Wildman–Crippen LogP) is 2.52. The highest BCUT2D eigenvalue weighted by molar-refractivity contribution is 5.79. The van der Waals surface area contributed by atoms with Crippen LogP contribution in [0.3, 0.4) is 0 Å². The van der Waals surface area contributed by atoms with Gasteiger partial charge in [0.05, 0.1) is 19.1 Å². The van der Waals surface area contributed by atoms with Gasteiger partial charge in [-0.05, 0) is 29.7 Å². The van der Waals surface area contributed by atoms with Crippen LogP contribution in [0.2, 0.25) is 0 Å². The smallest absolute Gasteiger partial charge is 0.269 e. The maximum atomic E-state index is 10.8. The summed E-state index contributed by atoms with van der Waals surface area (Å²) in [6, 6.07) is 12.3. The molecule has 27 heavy (non-hydrogen) atoms. The van der Waals surface area contributed by atoms with Gasteiger partial charge < -0.3 is 20.1 Å². The molecule has 8 heteroatoms. The third-order valence-electron chi connectivity index (χ3n) is 3.96. The lowest BCUT2D eigenvalue weighted by molar-refractivity contribution is -0.384. The summed E-state index contributed by atoms with van der Waals surface area (Å²) in [6.07, 6.45) is 0.776. The zero-order valence-corrected chi connectivity index (χ0v) is 15.7. The molecule has 0 heterocycles. The fourth-order valence-electron chi connectivity index (χ4n) is 2.55. The summed E-state index contributed by atoms with van der Waals surface area (Å²) in [5.41, 5.74) is 1.99. The third kappa shape index (κ3) is 5.88. The summed E-state index contributed by atoms with van der Waals surface area (Å²) < 4.78 is 10.5. The van der Waals surface area contributed by atoms with Gasteiger partial charge in [-0.1, -0.05) is 18.2 Å². The molecular weight excluding hydrogens is 348 g/mol. The molecule has 0 bridgehead atoms. The van der Waals surface area contributed by atoms with E-state index in [-0.39, 0.29) is 5.69 Å². The monoisotopic (exact) mass is 372 g/mol. The lowest BCUT2D eigenvalue weighted by Gasteiger charge is -2.13. The SMILES string of the molecule is CN=C(NCCc1ccc(OC)c(OC)c1)NCc1cccc([N+](=O)[O-])c1. The number of nitro groups is 1. The average Bonchev–Trinajstić information content (AvgIpc) is 2.70. The molecule has 0 saturated carbocycles. The molecule has 8 nitrogen and oxygen atoms in total. The van der Waals surface area contributed by atoms with Gasteiger partial charge >= 0.3 is 0 Å². The number of methoxy groups -OCH3 is 2. The first kappa shape index (κ1) is 20.0. The number of nitro benzene ring substituents is 1. The van der Waals surface area contributed by atoms with E-state index in [1.54, 1.807) is 33.4 Å². The predicted molar refractivity (Wildman–Crippen MR) is 105 cm³/mol. The number of rotatable bonds is 8. The van der Waals surface area contributed by atoms with Crippen molar-refractivity contribution < 1.29 is 14.4 Å². The van der Waals surface area contributed by atoms with E-state index in [9.17, 15) is 10.1 Å². The van der Waals surface area contributed by atoms with E-state index in [1.807, 2.05) is 24.3 Å². The van der Waals surface area contributed by atoms with Gasteiger partial charge in [0.15, 0.2) is 17.5 Å². The second kappa shape index (κ2) is 10.0. The Labute approximate surface area is 158 Å². The van der Waals surface area contributed by atoms with Crippen molar-refractivity contribution in [3.05, 3.63) is 63.7 Å². The minimum Gasteiger partial charge on any atom is -0.493 e. The molecule has 0 amide bonds. The number of aliphatic imine (C=N–C) groups is 1. The third-order valence-corrected chi connectivity index (χ3v) is 3.96. The van der Waals surface area contributed by atoms with E-state index < -0.39 is 4.92 Å². The molecule has 0 spiro atoms. The van der Waals surface area contributed by atoms with E-state index in [4.69, 9.17) is 9.47 Å². The quantitative estimate of drug-likeness (QED) is 0.320. The lowest BCUT2D eigenvalue weighted by Crippen LogP contribution is -2.37. The molecule has 2 N–H and O–H groups in total. The molecule has 2 rings (SSSR count). The second-order valence-electron chi connectivity index (χ2n) is 5.72. The molecule has 0 atom stereocenters. The van der Waals surface area contributed by atoms with Gasteiger partial charge in [0.25, 0.3) is 5.69 Å². The lowest BCUT2D eigenvalue weighted by atomic mass is 10.1. The van der Waals surface area contributed by atoms with E-state index >= 15 is 0 Å². The van der Waals surface area contributed by atoms with Crippen LogP contribution < -0.4 is 20.1 Å². The van der Waals surface area contributed by atoms with Gasteiger partial charge in [-0.2, -0.15) is 0 Å². The molecule has 0 radical (unpaired) electrons. The molecule has 0 unspecified atom stereocenters. The molecule has 0 fully saturated rings. The van der Waals surface area contributed by atoms with E-state index in [1.165, 1.54) is 6.07 Å². The largest absolute Gasteiger partial charge is 0.493 e. The van der Waals surface area contributed by atoms with Crippen molar-refractivity contribution in [1.29, 1.82) is 0 Å². The minimum absolute atomic E-state index is 0.0747. The normalized spacial score (nSPS) is 11.0. The van der Waals surface area contributed by atoms with Crippen LogP contribution in [0.15, 0.2) is 47.5 Å². The van der Waals surface area contributed by atoms with E-state index in [2.05, 4.69) is 15.6 Å². The highest BCUT2D eigenvalue weighted by atomic mass is 16.6. The number of hydrogen-bond acceptors (Lipinski definition) is 5. The molecule has 0 saturated heterocycles. The molecule has 144 valence electrons. The first-order valence-electron chi connectivity index (χ1n) is 8.46. The van der Waals surface area contributed by atoms with Crippen LogP contribution in [0.25, 0.3) is 0 Å². The number of non-ortho nitro benzene ring substituents is 1. The van der Waals surface area contributed by atoms with Gasteiger partial charge in [-0.25, -0.2) is 0 Å². The maximum Gasteiger partial charge on any atom is 0.269 e. The topological polar surface area (TPSA) is 98.0 Å². The van der Waals surface area contributed by atoms with E-state index in [0.717, 1.165) is 17.5 Å². The van der Waals surface area contributed by atoms with Gasteiger partial charge in [-0.15, -0.1) is 0 Å². The van der Waals surface area contributed by atoms with Crippen LogP contribution in [0.5, 0.6) is 11.5 Å². The van der Waals surface area contributed by atoms with Crippen LogP contribution in [0.1, 0.15) is 11.1 Å². The van der Waals surface area contributed by atoms with Crippen molar-refractivity contribution in [1.82, 2.24) is 10.6 Å². The Morgan fingerprint density at radius 2 is 1.85 bits per heavy atom. The molecule has 2 aromatic rings. The van der Waals surface area contributed by atoms with Crippen LogP contribution >= 0.6 is 0 Å². The van der Waals surface area contributed by atoms with Crippen molar-refractivity contribution in [2.24, 2.45) is 4.99 Å². The highest BCUT2D eigenvalue weighted by Gasteiger charge is 2.07. The Balaban J connectivity index is 1.85. The fraction of sp³-hybridized carbons (Fsp3) is 0.316. The van der Waals surface area contributed by atoms with Crippen molar-refractivity contribution in [3.63, 3.8) is 0 Å². The highest BCUT2D eigenvalue weighted by Crippen LogP contribution is 2.27. The average molecular weight is 372 g/mol. The van der Waals surface area contributed by atoms with E-state index in [0.29, 0.717) is 30.5 Å². The number of nitrogens with one attached hydrogen (secondary N) is 2. The van der Waals surface area contributed by atoms with Crippen LogP contribution in [-0.4, -0.2) is 38.7 Å². The molecule has 0 aliphatic carbocycles. The number of ether oxygens (including phenoxy) is 2. The first-order valence-corrected chi connectivity index (χ1v) is 8.46. The van der Waals surface area contributed by atoms with Gasteiger partial charge in [0.2, 0.25) is 0 Å². The van der Waals surface area contributed by atoms with Crippen LogP contribution in [0.4, 0.5) is 5.69 Å². The minimum atomic E-state index is -0.403. The molecule has 0 aliphatic heterocycles. The van der Waals surface area contributed by atoms with Crippen molar-refractivity contribution in [2.45, 2.75) is 13.0 Å². The summed E-state index contributed by atoms with van der Waals surface area (Å²) in [4.78, 5) is 14.6. The summed E-state index contributed by atoms with van der Waals surface area (Å²) >= 11 is 0. The summed E-state index contributed by atoms with van der Waals surface area (Å²) in [5.74, 6) is 2.02. The first-order chi connectivity index (χ1) is 13.1. The second-order valence-corrected chi connectivity index (χ2v) is 5.72. The number of benzene rings is 2. The Hall–Kier alpha value is -3.29. The van der Waals surface area contributed by atoms with Crippen molar-refractivity contribution >= 4 is 11.6 Å². The molecule has 0 aliphatic rings. The van der Waals surface area contributed by atoms with Crippen molar-refractivity contribution in [3.8, 4) is 11.5 Å². The number of hydrogen-bond donors (Lipinski definition) is 2. The summed E-state index contributed by atoms with van der Waals surface area (Å²) in [6.45, 7) is 1.11. The Morgan fingerprint density at radius 3 is 2.52 bits per heavy atom. The molecular formula is C19H24N4O4. The van der Waals surface area contributed by atoms with Gasteiger partial charge in [-0.3, -0.25) is 15.1 Å². The summed E-state index contributed by atoms with van der Waals surface area (Å²) in [5, 5.41) is 17.2. The Morgan fingerprint density at radius 1 is 1.07 bits per heavy atom. The number of guanidine groups is 1. The molecule has 0 aromatic heterocycles. The van der Waals surface area contributed by atoms with Gasteiger partial charge in [0.1, 0.15) is 0 Å². The molecule has 2 aromatic carbocycles. The fourth-order valence-corrected chi connectivity index (χ4v) is 2.55. The Kier molecular flexibility index (Phi) is 7.42. The van der Waals surface area contributed by atoms with Crippen molar-refractivity contribution in [2.75, 3.05) is 27.8 Å². The van der Waals surface area contributed by atoms with Crippen LogP contribution in [0, 0.1) is 10.1 Å². The Bertz CT molecular complexity index is 808.